The van der Waals surface area contributed by atoms with Crippen molar-refractivity contribution in [3.63, 3.8) is 0 Å². The standard InChI is InChI=1S/C16H17F3N2S.ClH/c17-16(18,19)14-3-1-12(2-4-14)15(13-5-10-22-11-13)21-8-6-20-7-9-21;/h1-5,10-11,15,20H,6-9H2;1H/t15-;/m0./s1. The van der Waals surface area contributed by atoms with Crippen LogP contribution in [0.1, 0.15) is 22.7 Å². The lowest BCUT2D eigenvalue weighted by atomic mass is 9.97. The van der Waals surface area contributed by atoms with Crippen LogP contribution in [0.15, 0.2) is 41.1 Å². The first-order chi connectivity index (χ1) is 10.6. The van der Waals surface area contributed by atoms with E-state index >= 15 is 0 Å². The fourth-order valence-electron chi connectivity index (χ4n) is 2.84. The SMILES string of the molecule is Cl.FC(F)(F)c1ccc([C@@H](c2ccsc2)N2CCNCC2)cc1. The first-order valence-electron chi connectivity index (χ1n) is 7.20. The third-order valence-electron chi connectivity index (χ3n) is 3.93. The van der Waals surface area contributed by atoms with Crippen molar-refractivity contribution in [1.29, 1.82) is 0 Å². The van der Waals surface area contributed by atoms with E-state index in [1.807, 2.05) is 5.38 Å². The van der Waals surface area contributed by atoms with Gasteiger partial charge in [-0.05, 0) is 40.1 Å². The number of nitrogens with one attached hydrogen (secondary N) is 1. The molecule has 0 spiro atoms. The van der Waals surface area contributed by atoms with Gasteiger partial charge in [0.25, 0.3) is 0 Å². The van der Waals surface area contributed by atoms with Gasteiger partial charge in [-0.15, -0.1) is 12.4 Å². The van der Waals surface area contributed by atoms with E-state index in [0.717, 1.165) is 37.3 Å². The van der Waals surface area contributed by atoms with E-state index in [4.69, 9.17) is 0 Å². The van der Waals surface area contributed by atoms with Crippen molar-refractivity contribution in [1.82, 2.24) is 10.2 Å². The van der Waals surface area contributed by atoms with E-state index in [0.29, 0.717) is 0 Å². The van der Waals surface area contributed by atoms with Crippen molar-refractivity contribution in [3.8, 4) is 0 Å². The van der Waals surface area contributed by atoms with Crippen LogP contribution in [0.2, 0.25) is 0 Å². The molecule has 1 saturated heterocycles. The summed E-state index contributed by atoms with van der Waals surface area (Å²) in [4.78, 5) is 2.32. The molecule has 2 heterocycles. The molecule has 3 rings (SSSR count). The second-order valence-corrected chi connectivity index (χ2v) is 6.14. The molecule has 7 heteroatoms. The number of hydrogen-bond donors (Lipinski definition) is 1. The van der Waals surface area contributed by atoms with Crippen molar-refractivity contribution < 1.29 is 13.2 Å². The predicted octanol–water partition coefficient (Wildman–Crippen LogP) is 4.18. The second-order valence-electron chi connectivity index (χ2n) is 5.36. The normalized spacial score (nSPS) is 17.5. The fourth-order valence-corrected chi connectivity index (χ4v) is 3.52. The first kappa shape index (κ1) is 18.3. The predicted molar refractivity (Wildman–Crippen MR) is 89.3 cm³/mol. The maximum Gasteiger partial charge on any atom is 0.416 e. The zero-order valence-corrected chi connectivity index (χ0v) is 14.0. The molecule has 23 heavy (non-hydrogen) atoms. The summed E-state index contributed by atoms with van der Waals surface area (Å²) in [6.07, 6.45) is -4.29. The summed E-state index contributed by atoms with van der Waals surface area (Å²) in [5.74, 6) is 0. The highest BCUT2D eigenvalue weighted by Crippen LogP contribution is 2.34. The molecule has 1 N–H and O–H groups in total. The molecule has 0 radical (unpaired) electrons. The van der Waals surface area contributed by atoms with Gasteiger partial charge in [0.1, 0.15) is 0 Å². The van der Waals surface area contributed by atoms with E-state index in [1.54, 1.807) is 23.5 Å². The summed E-state index contributed by atoms with van der Waals surface area (Å²) >= 11 is 1.61. The molecule has 2 nitrogen and oxygen atoms in total. The molecular formula is C16H18ClF3N2S. The molecule has 0 unspecified atom stereocenters. The van der Waals surface area contributed by atoms with E-state index in [2.05, 4.69) is 21.7 Å². The topological polar surface area (TPSA) is 15.3 Å². The van der Waals surface area contributed by atoms with Gasteiger partial charge in [-0.1, -0.05) is 12.1 Å². The van der Waals surface area contributed by atoms with Crippen molar-refractivity contribution in [2.45, 2.75) is 12.2 Å². The van der Waals surface area contributed by atoms with Gasteiger partial charge in [0.05, 0.1) is 11.6 Å². The lowest BCUT2D eigenvalue weighted by molar-refractivity contribution is -0.137. The monoisotopic (exact) mass is 362 g/mol. The lowest BCUT2D eigenvalue weighted by Crippen LogP contribution is -2.45. The number of alkyl halides is 3. The van der Waals surface area contributed by atoms with Crippen LogP contribution < -0.4 is 5.32 Å². The van der Waals surface area contributed by atoms with Gasteiger partial charge < -0.3 is 5.32 Å². The number of rotatable bonds is 3. The highest BCUT2D eigenvalue weighted by molar-refractivity contribution is 7.08. The molecule has 0 aliphatic carbocycles. The van der Waals surface area contributed by atoms with E-state index in [9.17, 15) is 13.2 Å². The minimum absolute atomic E-state index is 0. The van der Waals surface area contributed by atoms with Crippen molar-refractivity contribution in [2.75, 3.05) is 26.2 Å². The first-order valence-corrected chi connectivity index (χ1v) is 8.14. The van der Waals surface area contributed by atoms with Crippen LogP contribution in [-0.4, -0.2) is 31.1 Å². The Balaban J connectivity index is 0.00000192. The smallest absolute Gasteiger partial charge is 0.314 e. The lowest BCUT2D eigenvalue weighted by Gasteiger charge is -2.35. The molecule has 1 aliphatic heterocycles. The minimum Gasteiger partial charge on any atom is -0.314 e. The number of halogens is 4. The van der Waals surface area contributed by atoms with E-state index in [1.165, 1.54) is 12.1 Å². The number of nitrogens with zero attached hydrogens (tertiary/aromatic N) is 1. The summed E-state index contributed by atoms with van der Waals surface area (Å²) in [5.41, 5.74) is 1.46. The fraction of sp³-hybridized carbons (Fsp3) is 0.375. The van der Waals surface area contributed by atoms with Gasteiger partial charge in [-0.3, -0.25) is 4.90 Å². The van der Waals surface area contributed by atoms with Crippen LogP contribution in [0.5, 0.6) is 0 Å². The molecule has 1 atom stereocenters. The van der Waals surface area contributed by atoms with Gasteiger partial charge in [-0.25, -0.2) is 0 Å². The molecule has 1 aromatic carbocycles. The third-order valence-corrected chi connectivity index (χ3v) is 4.63. The Labute approximate surface area is 143 Å². The highest BCUT2D eigenvalue weighted by Gasteiger charge is 2.31. The summed E-state index contributed by atoms with van der Waals surface area (Å²) in [7, 11) is 0. The van der Waals surface area contributed by atoms with Crippen LogP contribution >= 0.6 is 23.7 Å². The average molecular weight is 363 g/mol. The molecule has 1 aromatic heterocycles. The van der Waals surface area contributed by atoms with Crippen LogP contribution in [-0.2, 0) is 6.18 Å². The Hall–Kier alpha value is -1.08. The van der Waals surface area contributed by atoms with E-state index in [-0.39, 0.29) is 18.4 Å². The second kappa shape index (κ2) is 7.66. The Morgan fingerprint density at radius 3 is 2.17 bits per heavy atom. The van der Waals surface area contributed by atoms with E-state index < -0.39 is 11.7 Å². The van der Waals surface area contributed by atoms with Gasteiger partial charge in [0.15, 0.2) is 0 Å². The molecule has 1 aliphatic rings. The quantitative estimate of drug-likeness (QED) is 0.881. The van der Waals surface area contributed by atoms with Crippen LogP contribution in [0.3, 0.4) is 0 Å². The third kappa shape index (κ3) is 4.26. The molecule has 0 saturated carbocycles. The Bertz CT molecular complexity index is 593. The number of thiophene rings is 1. The molecule has 126 valence electrons. The van der Waals surface area contributed by atoms with Crippen LogP contribution in [0.25, 0.3) is 0 Å². The molecule has 1 fully saturated rings. The Kier molecular flexibility index (Phi) is 6.08. The average Bonchev–Trinajstić information content (AvgIpc) is 3.02. The Morgan fingerprint density at radius 1 is 1.00 bits per heavy atom. The van der Waals surface area contributed by atoms with Crippen molar-refractivity contribution in [3.05, 3.63) is 57.8 Å². The van der Waals surface area contributed by atoms with Crippen LogP contribution in [0, 0.1) is 0 Å². The largest absolute Gasteiger partial charge is 0.416 e. The van der Waals surface area contributed by atoms with Gasteiger partial charge >= 0.3 is 6.18 Å². The minimum atomic E-state index is -4.29. The summed E-state index contributed by atoms with van der Waals surface area (Å²) in [5, 5.41) is 7.39. The highest BCUT2D eigenvalue weighted by atomic mass is 35.5. The summed E-state index contributed by atoms with van der Waals surface area (Å²) < 4.78 is 38.2. The van der Waals surface area contributed by atoms with Crippen molar-refractivity contribution in [2.24, 2.45) is 0 Å². The van der Waals surface area contributed by atoms with Gasteiger partial charge in [0.2, 0.25) is 0 Å². The maximum absolute atomic E-state index is 12.7. The van der Waals surface area contributed by atoms with Gasteiger partial charge in [0, 0.05) is 26.2 Å². The number of hydrogen-bond acceptors (Lipinski definition) is 3. The Morgan fingerprint density at radius 2 is 1.65 bits per heavy atom. The molecule has 2 aromatic rings. The zero-order chi connectivity index (χ0) is 15.6. The van der Waals surface area contributed by atoms with Crippen molar-refractivity contribution >= 4 is 23.7 Å². The number of benzene rings is 1. The van der Waals surface area contributed by atoms with Crippen LogP contribution in [0.4, 0.5) is 13.2 Å². The maximum atomic E-state index is 12.7. The summed E-state index contributed by atoms with van der Waals surface area (Å²) in [6.45, 7) is 3.59. The number of piperazine rings is 1. The van der Waals surface area contributed by atoms with Gasteiger partial charge in [-0.2, -0.15) is 24.5 Å². The summed E-state index contributed by atoms with van der Waals surface area (Å²) in [6, 6.07) is 7.64. The molecule has 0 bridgehead atoms. The molecule has 0 amide bonds. The molecular weight excluding hydrogens is 345 g/mol. The zero-order valence-electron chi connectivity index (χ0n) is 12.3.